The van der Waals surface area contributed by atoms with Gasteiger partial charge in [-0.15, -0.1) is 5.10 Å². The largest absolute Gasteiger partial charge is 0.361 e. The van der Waals surface area contributed by atoms with Gasteiger partial charge in [-0.25, -0.2) is 0 Å². The van der Waals surface area contributed by atoms with Gasteiger partial charge in [0.1, 0.15) is 11.5 Å². The Morgan fingerprint density at radius 1 is 1.26 bits per heavy atom. The summed E-state index contributed by atoms with van der Waals surface area (Å²) in [5.74, 6) is 2.07. The molecule has 96 valence electrons. The van der Waals surface area contributed by atoms with Gasteiger partial charge in [0.2, 0.25) is 5.95 Å². The van der Waals surface area contributed by atoms with Crippen LogP contribution in [0.2, 0.25) is 0 Å². The highest BCUT2D eigenvalue weighted by Crippen LogP contribution is 2.15. The van der Waals surface area contributed by atoms with Crippen molar-refractivity contribution in [3.8, 4) is 11.4 Å². The highest BCUT2D eigenvalue weighted by atomic mass is 16.5. The van der Waals surface area contributed by atoms with Gasteiger partial charge >= 0.3 is 0 Å². The first-order valence-electron chi connectivity index (χ1n) is 5.95. The van der Waals surface area contributed by atoms with Gasteiger partial charge in [0.25, 0.3) is 0 Å². The zero-order valence-electron chi connectivity index (χ0n) is 10.4. The first kappa shape index (κ1) is 11.5. The van der Waals surface area contributed by atoms with E-state index in [1.807, 2.05) is 43.3 Å². The molecule has 0 fully saturated rings. The Labute approximate surface area is 109 Å². The number of H-pyrrole nitrogens is 1. The average molecular weight is 255 g/mol. The fraction of sp³-hybridized carbons (Fsp3) is 0.154. The third-order valence-corrected chi connectivity index (χ3v) is 2.64. The molecule has 0 bridgehead atoms. The van der Waals surface area contributed by atoms with Crippen molar-refractivity contribution in [1.82, 2.24) is 20.3 Å². The van der Waals surface area contributed by atoms with Gasteiger partial charge in [-0.3, -0.25) is 5.10 Å². The minimum atomic E-state index is 0.531. The zero-order valence-corrected chi connectivity index (χ0v) is 10.4. The molecule has 2 heterocycles. The summed E-state index contributed by atoms with van der Waals surface area (Å²) < 4.78 is 4.99. The van der Waals surface area contributed by atoms with Crippen molar-refractivity contribution < 1.29 is 4.52 Å². The normalized spacial score (nSPS) is 10.6. The van der Waals surface area contributed by atoms with Crippen LogP contribution in [0, 0.1) is 6.92 Å². The summed E-state index contributed by atoms with van der Waals surface area (Å²) >= 11 is 0. The molecule has 6 heteroatoms. The molecule has 0 unspecified atom stereocenters. The molecule has 0 saturated carbocycles. The molecular formula is C13H13N5O. The van der Waals surface area contributed by atoms with E-state index in [2.05, 4.69) is 25.7 Å². The van der Waals surface area contributed by atoms with Crippen molar-refractivity contribution >= 4 is 5.95 Å². The van der Waals surface area contributed by atoms with Crippen LogP contribution in [0.15, 0.2) is 40.9 Å². The number of nitrogens with zero attached hydrogens (tertiary/aromatic N) is 3. The lowest BCUT2D eigenvalue weighted by atomic mass is 10.2. The molecule has 3 rings (SSSR count). The summed E-state index contributed by atoms with van der Waals surface area (Å²) in [4.78, 5) is 4.37. The lowest BCUT2D eigenvalue weighted by Gasteiger charge is -1.96. The number of aromatic nitrogens is 4. The molecule has 0 aliphatic rings. The Hall–Kier alpha value is -2.63. The smallest absolute Gasteiger partial charge is 0.242 e. The number of hydrogen-bond donors (Lipinski definition) is 2. The third-order valence-electron chi connectivity index (χ3n) is 2.64. The summed E-state index contributed by atoms with van der Waals surface area (Å²) in [6.45, 7) is 2.39. The maximum Gasteiger partial charge on any atom is 0.242 e. The summed E-state index contributed by atoms with van der Waals surface area (Å²) in [6.07, 6.45) is 0. The standard InChI is InChI=1S/C13H13N5O/c1-9-7-11(18-19-9)8-14-13-15-12(16-17-13)10-5-3-2-4-6-10/h2-7H,8H2,1H3,(H2,14,15,16,17). The number of rotatable bonds is 4. The van der Waals surface area contributed by atoms with Crippen LogP contribution in [0.1, 0.15) is 11.5 Å². The first-order chi connectivity index (χ1) is 9.31. The van der Waals surface area contributed by atoms with Crippen molar-refractivity contribution in [2.75, 3.05) is 5.32 Å². The summed E-state index contributed by atoms with van der Waals surface area (Å²) in [5.41, 5.74) is 1.82. The third kappa shape index (κ3) is 2.62. The van der Waals surface area contributed by atoms with Gasteiger partial charge < -0.3 is 9.84 Å². The molecule has 0 amide bonds. The van der Waals surface area contributed by atoms with E-state index in [1.54, 1.807) is 0 Å². The Balaban J connectivity index is 1.68. The molecule has 0 aliphatic heterocycles. The van der Waals surface area contributed by atoms with Gasteiger partial charge in [0.05, 0.1) is 6.54 Å². The topological polar surface area (TPSA) is 79.6 Å². The van der Waals surface area contributed by atoms with E-state index >= 15 is 0 Å². The van der Waals surface area contributed by atoms with Crippen LogP contribution in [-0.4, -0.2) is 20.3 Å². The van der Waals surface area contributed by atoms with Crippen LogP contribution in [-0.2, 0) is 6.54 Å². The van der Waals surface area contributed by atoms with E-state index in [-0.39, 0.29) is 0 Å². The minimum absolute atomic E-state index is 0.531. The van der Waals surface area contributed by atoms with Crippen LogP contribution in [0.4, 0.5) is 5.95 Å². The highest BCUT2D eigenvalue weighted by Gasteiger charge is 2.06. The van der Waals surface area contributed by atoms with E-state index in [4.69, 9.17) is 4.52 Å². The van der Waals surface area contributed by atoms with Gasteiger partial charge in [0.15, 0.2) is 5.82 Å². The van der Waals surface area contributed by atoms with Crippen LogP contribution in [0.5, 0.6) is 0 Å². The molecule has 6 nitrogen and oxygen atoms in total. The fourth-order valence-electron chi connectivity index (χ4n) is 1.74. The number of benzene rings is 1. The van der Waals surface area contributed by atoms with Crippen LogP contribution in [0.3, 0.4) is 0 Å². The van der Waals surface area contributed by atoms with Crippen molar-refractivity contribution in [1.29, 1.82) is 0 Å². The molecule has 1 aromatic carbocycles. The van der Waals surface area contributed by atoms with Crippen molar-refractivity contribution in [2.24, 2.45) is 0 Å². The Morgan fingerprint density at radius 3 is 2.84 bits per heavy atom. The monoisotopic (exact) mass is 255 g/mol. The predicted molar refractivity (Wildman–Crippen MR) is 70.4 cm³/mol. The molecule has 3 aromatic rings. The highest BCUT2D eigenvalue weighted by molar-refractivity contribution is 5.55. The van der Waals surface area contributed by atoms with Crippen molar-refractivity contribution in [2.45, 2.75) is 13.5 Å². The van der Waals surface area contributed by atoms with Crippen molar-refractivity contribution in [3.05, 3.63) is 47.9 Å². The molecule has 2 aromatic heterocycles. The summed E-state index contributed by atoms with van der Waals surface area (Å²) in [7, 11) is 0. The Kier molecular flexibility index (Phi) is 2.97. The maximum absolute atomic E-state index is 4.99. The zero-order chi connectivity index (χ0) is 13.1. The van der Waals surface area contributed by atoms with Gasteiger partial charge in [-0.2, -0.15) is 4.98 Å². The number of hydrogen-bond acceptors (Lipinski definition) is 5. The fourth-order valence-corrected chi connectivity index (χ4v) is 1.74. The van der Waals surface area contributed by atoms with E-state index in [0.717, 1.165) is 22.8 Å². The second-order valence-electron chi connectivity index (χ2n) is 4.16. The van der Waals surface area contributed by atoms with Gasteiger partial charge in [-0.1, -0.05) is 35.5 Å². The molecule has 0 atom stereocenters. The number of aromatic amines is 1. The predicted octanol–water partition coefficient (Wildman–Crippen LogP) is 2.38. The van der Waals surface area contributed by atoms with E-state index < -0.39 is 0 Å². The minimum Gasteiger partial charge on any atom is -0.361 e. The molecule has 0 aliphatic carbocycles. The van der Waals surface area contributed by atoms with E-state index in [1.165, 1.54) is 0 Å². The van der Waals surface area contributed by atoms with Crippen LogP contribution in [0.25, 0.3) is 11.4 Å². The summed E-state index contributed by atoms with van der Waals surface area (Å²) in [5, 5.41) is 14.0. The summed E-state index contributed by atoms with van der Waals surface area (Å²) in [6, 6.07) is 11.7. The van der Waals surface area contributed by atoms with Crippen molar-refractivity contribution in [3.63, 3.8) is 0 Å². The van der Waals surface area contributed by atoms with Gasteiger partial charge in [0, 0.05) is 11.6 Å². The molecule has 0 spiro atoms. The maximum atomic E-state index is 4.99. The van der Waals surface area contributed by atoms with Gasteiger partial charge in [-0.05, 0) is 6.92 Å². The molecule has 0 saturated heterocycles. The number of nitrogens with one attached hydrogen (secondary N) is 2. The average Bonchev–Trinajstić information content (AvgIpc) is 3.06. The van der Waals surface area contributed by atoms with Crippen LogP contribution < -0.4 is 5.32 Å². The lowest BCUT2D eigenvalue weighted by Crippen LogP contribution is -2.00. The second-order valence-corrected chi connectivity index (χ2v) is 4.16. The van der Waals surface area contributed by atoms with Crippen LogP contribution >= 0.6 is 0 Å². The van der Waals surface area contributed by atoms with E-state index in [9.17, 15) is 0 Å². The molecule has 2 N–H and O–H groups in total. The Bertz CT molecular complexity index is 658. The number of anilines is 1. The molecule has 19 heavy (non-hydrogen) atoms. The second kappa shape index (κ2) is 4.93. The number of aryl methyl sites for hydroxylation is 1. The first-order valence-corrected chi connectivity index (χ1v) is 5.95. The molecule has 0 radical (unpaired) electrons. The molecular weight excluding hydrogens is 242 g/mol. The van der Waals surface area contributed by atoms with E-state index in [0.29, 0.717) is 12.5 Å². The Morgan fingerprint density at radius 2 is 2.11 bits per heavy atom. The lowest BCUT2D eigenvalue weighted by molar-refractivity contribution is 0.391. The SMILES string of the molecule is Cc1cc(CNc2n[nH]c(-c3ccccc3)n2)no1. The quantitative estimate of drug-likeness (QED) is 0.748.